The number of hydrogen-bond acceptors (Lipinski definition) is 5. The van der Waals surface area contributed by atoms with Crippen molar-refractivity contribution in [2.75, 3.05) is 16.6 Å². The summed E-state index contributed by atoms with van der Waals surface area (Å²) in [5.41, 5.74) is 20.1. The van der Waals surface area contributed by atoms with Crippen LogP contribution in [0.2, 0.25) is 0 Å². The van der Waals surface area contributed by atoms with Crippen LogP contribution >= 0.6 is 0 Å². The highest BCUT2D eigenvalue weighted by Crippen LogP contribution is 2.51. The zero-order chi connectivity index (χ0) is 39.1. The lowest BCUT2D eigenvalue weighted by Gasteiger charge is -2.43. The van der Waals surface area contributed by atoms with Gasteiger partial charge in [-0.1, -0.05) is 98.7 Å². The molecule has 5 nitrogen and oxygen atoms in total. The molecule has 3 aliphatic rings. The van der Waals surface area contributed by atoms with Crippen LogP contribution in [0.15, 0.2) is 77.2 Å². The van der Waals surface area contributed by atoms with E-state index in [9.17, 15) is 0 Å². The summed E-state index contributed by atoms with van der Waals surface area (Å²) in [6, 6.07) is 27.5. The summed E-state index contributed by atoms with van der Waals surface area (Å²) in [5.74, 6) is 1.54. The second-order valence-electron chi connectivity index (χ2n) is 19.3. The van der Waals surface area contributed by atoms with Gasteiger partial charge in [0.1, 0.15) is 5.58 Å². The van der Waals surface area contributed by atoms with Gasteiger partial charge in [0.2, 0.25) is 6.79 Å². The molecule has 5 aromatic carbocycles. The maximum Gasteiger partial charge on any atom is 0.297 e. The van der Waals surface area contributed by atoms with Gasteiger partial charge in [0.05, 0.1) is 22.7 Å². The van der Waals surface area contributed by atoms with E-state index in [1.165, 1.54) is 61.5 Å². The number of nitrogens with zero attached hydrogens (tertiary/aromatic N) is 2. The van der Waals surface area contributed by atoms with E-state index in [4.69, 9.17) is 13.9 Å². The Bertz CT molecular complexity index is 2550. The van der Waals surface area contributed by atoms with Gasteiger partial charge in [0.15, 0.2) is 11.5 Å². The molecule has 6 heteroatoms. The molecule has 0 radical (unpaired) electrons. The van der Waals surface area contributed by atoms with Gasteiger partial charge in [-0.3, -0.25) is 0 Å². The molecule has 0 saturated heterocycles. The van der Waals surface area contributed by atoms with E-state index >= 15 is 0 Å². The fourth-order valence-electron chi connectivity index (χ4n) is 9.23. The van der Waals surface area contributed by atoms with Crippen LogP contribution in [0.5, 0.6) is 11.5 Å². The quantitative estimate of drug-likeness (QED) is 0.166. The van der Waals surface area contributed by atoms with E-state index in [0.717, 1.165) is 50.7 Å². The molecule has 0 aliphatic carbocycles. The molecule has 0 amide bonds. The van der Waals surface area contributed by atoms with E-state index in [1.54, 1.807) is 0 Å². The Morgan fingerprint density at radius 2 is 1.04 bits per heavy atom. The van der Waals surface area contributed by atoms with E-state index in [2.05, 4.69) is 173 Å². The van der Waals surface area contributed by atoms with E-state index < -0.39 is 0 Å². The Hall–Kier alpha value is -5.10. The summed E-state index contributed by atoms with van der Waals surface area (Å²) >= 11 is 0. The average Bonchev–Trinajstić information content (AvgIpc) is 3.71. The van der Waals surface area contributed by atoms with Gasteiger partial charge in [0.25, 0.3) is 6.71 Å². The van der Waals surface area contributed by atoms with Crippen molar-refractivity contribution in [3.8, 4) is 11.5 Å². The third kappa shape index (κ3) is 5.34. The highest BCUT2D eigenvalue weighted by molar-refractivity contribution is 7.00. The van der Waals surface area contributed by atoms with Crippen molar-refractivity contribution in [2.24, 2.45) is 0 Å². The Morgan fingerprint density at radius 1 is 0.527 bits per heavy atom. The predicted octanol–water partition coefficient (Wildman–Crippen LogP) is 11.4. The average molecular weight is 729 g/mol. The number of furan rings is 1. The van der Waals surface area contributed by atoms with Gasteiger partial charge < -0.3 is 23.7 Å². The number of aryl methyl sites for hydroxylation is 4. The van der Waals surface area contributed by atoms with Gasteiger partial charge in [0, 0.05) is 28.5 Å². The molecule has 9 rings (SSSR count). The molecule has 0 fully saturated rings. The number of anilines is 6. The summed E-state index contributed by atoms with van der Waals surface area (Å²) in [5, 5.41) is 1.13. The Morgan fingerprint density at radius 3 is 1.58 bits per heavy atom. The highest BCUT2D eigenvalue weighted by Gasteiger charge is 2.48. The first-order valence-electron chi connectivity index (χ1n) is 19.8. The minimum atomic E-state index is -0.174. The van der Waals surface area contributed by atoms with E-state index in [-0.39, 0.29) is 29.8 Å². The molecule has 0 unspecified atom stereocenters. The summed E-state index contributed by atoms with van der Waals surface area (Å²) in [7, 11) is 0. The smallest absolute Gasteiger partial charge is 0.297 e. The minimum Gasteiger partial charge on any atom is -0.468 e. The molecule has 0 saturated carbocycles. The van der Waals surface area contributed by atoms with E-state index in [1.807, 2.05) is 0 Å². The van der Waals surface area contributed by atoms with Crippen molar-refractivity contribution >= 4 is 68.4 Å². The normalized spacial score (nSPS) is 14.7. The summed E-state index contributed by atoms with van der Waals surface area (Å²) < 4.78 is 19.4. The molecule has 0 bridgehead atoms. The Labute approximate surface area is 327 Å². The van der Waals surface area contributed by atoms with Gasteiger partial charge in [-0.05, 0) is 124 Å². The molecule has 4 heterocycles. The van der Waals surface area contributed by atoms with Gasteiger partial charge in [-0.15, -0.1) is 0 Å². The number of hydrogen-bond donors (Lipinski definition) is 0. The number of ether oxygens (including phenoxy) is 2. The second-order valence-corrected chi connectivity index (χ2v) is 19.3. The topological polar surface area (TPSA) is 38.1 Å². The highest BCUT2D eigenvalue weighted by atomic mass is 16.7. The van der Waals surface area contributed by atoms with Crippen LogP contribution in [0, 0.1) is 27.7 Å². The summed E-state index contributed by atoms with van der Waals surface area (Å²) in [6.07, 6.45) is 0. The van der Waals surface area contributed by atoms with Crippen LogP contribution in [0.1, 0.15) is 101 Å². The molecular formula is C49H53BN2O3. The van der Waals surface area contributed by atoms with Crippen LogP contribution in [-0.2, 0) is 16.2 Å². The number of rotatable bonds is 2. The van der Waals surface area contributed by atoms with Crippen LogP contribution in [0.3, 0.4) is 0 Å². The molecular weight excluding hydrogens is 675 g/mol. The molecule has 1 aromatic heterocycles. The SMILES string of the molecule is Cc1cc(C(C)(C)C)cc(C)c1N1c2cc3c(cc2B2c4oc5ccc(C(C)(C)C)cc5c4N(c4c(C)cc(C(C)(C)C)cc4C)c4cccc1c42)OCO3. The second kappa shape index (κ2) is 11.7. The van der Waals surface area contributed by atoms with Crippen molar-refractivity contribution in [2.45, 2.75) is 106 Å². The maximum absolute atomic E-state index is 7.20. The fourth-order valence-corrected chi connectivity index (χ4v) is 9.23. The van der Waals surface area contributed by atoms with Gasteiger partial charge in [-0.2, -0.15) is 0 Å². The van der Waals surface area contributed by atoms with Crippen LogP contribution < -0.4 is 35.9 Å². The first-order valence-corrected chi connectivity index (χ1v) is 19.8. The van der Waals surface area contributed by atoms with Crippen molar-refractivity contribution < 1.29 is 13.9 Å². The standard InChI is InChI=1S/C49H53BN2O3/c1-27-19-32(48(8,9)10)20-28(2)43(27)51-36-15-14-16-37-42(36)50(35-24-40-41(25-38(35)51)54-26-53-40)46-45(34-23-31(47(5,6)7)17-18-39(34)55-46)52(37)44-29(3)21-33(22-30(44)4)49(11,12)13/h14-25H,26H2,1-13H3. The van der Waals surface area contributed by atoms with Gasteiger partial charge in [-0.25, -0.2) is 0 Å². The molecule has 0 N–H and O–H groups in total. The number of fused-ring (bicyclic) bond motifs is 7. The van der Waals surface area contributed by atoms with Crippen molar-refractivity contribution in [1.82, 2.24) is 0 Å². The third-order valence-electron chi connectivity index (χ3n) is 12.1. The lowest BCUT2D eigenvalue weighted by atomic mass is 9.35. The van der Waals surface area contributed by atoms with Crippen molar-refractivity contribution in [3.63, 3.8) is 0 Å². The minimum absolute atomic E-state index is 0.0244. The molecule has 55 heavy (non-hydrogen) atoms. The molecule has 6 aromatic rings. The maximum atomic E-state index is 7.20. The lowest BCUT2D eigenvalue weighted by Crippen LogP contribution is -2.61. The molecule has 280 valence electrons. The third-order valence-corrected chi connectivity index (χ3v) is 12.1. The fraction of sp³-hybridized carbons (Fsp3) is 0.347. The zero-order valence-electron chi connectivity index (χ0n) is 34.8. The van der Waals surface area contributed by atoms with Crippen molar-refractivity contribution in [3.05, 3.63) is 112 Å². The van der Waals surface area contributed by atoms with Crippen LogP contribution in [0.4, 0.5) is 34.1 Å². The Balaban J connectivity index is 1.40. The Kier molecular flexibility index (Phi) is 7.58. The van der Waals surface area contributed by atoms with Crippen LogP contribution in [0.25, 0.3) is 11.0 Å². The monoisotopic (exact) mass is 728 g/mol. The largest absolute Gasteiger partial charge is 0.468 e. The molecule has 3 aliphatic heterocycles. The first-order chi connectivity index (χ1) is 25.8. The summed E-state index contributed by atoms with van der Waals surface area (Å²) in [6.45, 7) is 29.7. The zero-order valence-corrected chi connectivity index (χ0v) is 34.8. The number of benzene rings is 5. The molecule has 0 atom stereocenters. The van der Waals surface area contributed by atoms with E-state index in [0.29, 0.717) is 0 Å². The van der Waals surface area contributed by atoms with Crippen LogP contribution in [-0.4, -0.2) is 13.5 Å². The molecule has 0 spiro atoms. The van der Waals surface area contributed by atoms with Gasteiger partial charge >= 0.3 is 0 Å². The lowest BCUT2D eigenvalue weighted by molar-refractivity contribution is 0.174. The predicted molar refractivity (Wildman–Crippen MR) is 231 cm³/mol. The van der Waals surface area contributed by atoms with Crippen molar-refractivity contribution in [1.29, 1.82) is 0 Å². The summed E-state index contributed by atoms with van der Waals surface area (Å²) in [4.78, 5) is 5.01. The first kappa shape index (κ1) is 35.6.